The van der Waals surface area contributed by atoms with Gasteiger partial charge in [0.25, 0.3) is 0 Å². The molecule has 0 radical (unpaired) electrons. The third-order valence-corrected chi connectivity index (χ3v) is 8.64. The summed E-state index contributed by atoms with van der Waals surface area (Å²) in [6.07, 6.45) is 8.74. The quantitative estimate of drug-likeness (QED) is 0.384. The van der Waals surface area contributed by atoms with Gasteiger partial charge in [0.05, 0.1) is 12.2 Å². The molecule has 0 aromatic rings. The molecule has 0 spiro atoms. The topological polar surface area (TPSA) is 40.2 Å². The van der Waals surface area contributed by atoms with Crippen LogP contribution in [0, 0.1) is 5.92 Å². The second-order valence-electron chi connectivity index (χ2n) is 6.95. The van der Waals surface area contributed by atoms with Gasteiger partial charge in [0.15, 0.2) is 0 Å². The van der Waals surface area contributed by atoms with Gasteiger partial charge in [-0.3, -0.25) is 0 Å². The summed E-state index contributed by atoms with van der Waals surface area (Å²) in [5.41, 5.74) is 0.414. The Bertz CT molecular complexity index is 317. The molecule has 4 nitrogen and oxygen atoms in total. The minimum atomic E-state index is -2.64. The van der Waals surface area contributed by atoms with Crippen LogP contribution < -0.4 is 0 Å². The number of epoxide rings is 1. The van der Waals surface area contributed by atoms with E-state index in [2.05, 4.69) is 27.7 Å². The van der Waals surface area contributed by atoms with Crippen molar-refractivity contribution in [3.63, 3.8) is 0 Å². The van der Waals surface area contributed by atoms with Crippen molar-refractivity contribution in [1.82, 2.24) is 0 Å². The average Bonchev–Trinajstić information content (AvgIpc) is 3.35. The van der Waals surface area contributed by atoms with E-state index in [4.69, 9.17) is 18.0 Å². The highest BCUT2D eigenvalue weighted by molar-refractivity contribution is 6.62. The molecular weight excluding hydrogens is 308 g/mol. The summed E-state index contributed by atoms with van der Waals surface area (Å²) < 4.78 is 24.9. The fourth-order valence-corrected chi connectivity index (χ4v) is 7.59. The minimum absolute atomic E-state index is 0.414. The Morgan fingerprint density at radius 1 is 0.870 bits per heavy atom. The first-order chi connectivity index (χ1) is 11.2. The summed E-state index contributed by atoms with van der Waals surface area (Å²) in [6.45, 7) is 11.0. The van der Waals surface area contributed by atoms with Crippen molar-refractivity contribution < 1.29 is 18.0 Å². The minimum Gasteiger partial charge on any atom is -0.373 e. The van der Waals surface area contributed by atoms with Gasteiger partial charge >= 0.3 is 8.80 Å². The second-order valence-corrected chi connectivity index (χ2v) is 9.76. The number of ether oxygens (including phenoxy) is 1. The average molecular weight is 345 g/mol. The largest absolute Gasteiger partial charge is 0.504 e. The number of hydrogen-bond donors (Lipinski definition) is 0. The zero-order chi connectivity index (χ0) is 16.7. The van der Waals surface area contributed by atoms with Crippen LogP contribution >= 0.6 is 0 Å². The maximum atomic E-state index is 6.39. The molecule has 2 fully saturated rings. The molecule has 2 rings (SSSR count). The van der Waals surface area contributed by atoms with Crippen molar-refractivity contribution in [2.75, 3.05) is 19.8 Å². The highest BCUT2D eigenvalue weighted by Gasteiger charge is 2.55. The maximum absolute atomic E-state index is 6.39. The first-order valence-corrected chi connectivity index (χ1v) is 11.6. The highest BCUT2D eigenvalue weighted by atomic mass is 28.4. The van der Waals surface area contributed by atoms with Gasteiger partial charge in [-0.05, 0) is 50.9 Å². The van der Waals surface area contributed by atoms with Gasteiger partial charge < -0.3 is 18.0 Å². The molecule has 136 valence electrons. The molecular formula is C18H36O4Si. The first kappa shape index (κ1) is 19.4. The Hall–Kier alpha value is 0.0569. The number of hydrogen-bond acceptors (Lipinski definition) is 4. The molecule has 1 heterocycles. The summed E-state index contributed by atoms with van der Waals surface area (Å²) in [7, 11) is -2.64. The maximum Gasteiger partial charge on any atom is 0.504 e. The molecule has 0 bridgehead atoms. The SMILES string of the molecule is CCCO[Si](OCCC)(OCCC)C(CC)C1CCC2OC2C1. The Kier molecular flexibility index (Phi) is 8.02. The fourth-order valence-electron chi connectivity index (χ4n) is 3.85. The third kappa shape index (κ3) is 5.02. The molecule has 1 saturated carbocycles. The van der Waals surface area contributed by atoms with E-state index >= 15 is 0 Å². The van der Waals surface area contributed by atoms with Gasteiger partial charge in [-0.1, -0.05) is 27.7 Å². The van der Waals surface area contributed by atoms with Crippen molar-refractivity contribution in [3.8, 4) is 0 Å². The monoisotopic (exact) mass is 344 g/mol. The lowest BCUT2D eigenvalue weighted by molar-refractivity contribution is 0.0396. The summed E-state index contributed by atoms with van der Waals surface area (Å²) in [5.74, 6) is 0.626. The Morgan fingerprint density at radius 2 is 1.43 bits per heavy atom. The Labute approximate surface area is 143 Å². The van der Waals surface area contributed by atoms with Crippen molar-refractivity contribution in [2.45, 2.75) is 90.4 Å². The Balaban J connectivity index is 2.13. The lowest BCUT2D eigenvalue weighted by Crippen LogP contribution is -2.53. The van der Waals surface area contributed by atoms with Crippen LogP contribution in [0.1, 0.15) is 72.6 Å². The van der Waals surface area contributed by atoms with Crippen LogP contribution in [0.2, 0.25) is 5.54 Å². The Morgan fingerprint density at radius 3 is 1.87 bits per heavy atom. The van der Waals surface area contributed by atoms with E-state index in [0.29, 0.717) is 23.7 Å². The van der Waals surface area contributed by atoms with Gasteiger partial charge in [-0.25, -0.2) is 0 Å². The predicted molar refractivity (Wildman–Crippen MR) is 94.5 cm³/mol. The normalized spacial score (nSPS) is 28.4. The molecule has 0 N–H and O–H groups in total. The van der Waals surface area contributed by atoms with E-state index in [1.165, 1.54) is 19.3 Å². The van der Waals surface area contributed by atoms with Crippen molar-refractivity contribution in [2.24, 2.45) is 5.92 Å². The molecule has 5 heteroatoms. The molecule has 1 aliphatic carbocycles. The van der Waals surface area contributed by atoms with Gasteiger partial charge in [-0.15, -0.1) is 0 Å². The smallest absolute Gasteiger partial charge is 0.373 e. The molecule has 1 aliphatic heterocycles. The molecule has 23 heavy (non-hydrogen) atoms. The summed E-state index contributed by atoms with van der Waals surface area (Å²) in [4.78, 5) is 0. The molecule has 4 atom stereocenters. The van der Waals surface area contributed by atoms with Gasteiger partial charge in [0, 0.05) is 25.4 Å². The van der Waals surface area contributed by atoms with Crippen LogP contribution in [-0.4, -0.2) is 40.8 Å². The van der Waals surface area contributed by atoms with E-state index in [1.54, 1.807) is 0 Å². The van der Waals surface area contributed by atoms with Crippen molar-refractivity contribution >= 4 is 8.80 Å². The third-order valence-electron chi connectivity index (χ3n) is 5.03. The van der Waals surface area contributed by atoms with Crippen molar-refractivity contribution in [1.29, 1.82) is 0 Å². The van der Waals surface area contributed by atoms with E-state index in [9.17, 15) is 0 Å². The van der Waals surface area contributed by atoms with Gasteiger partial charge in [0.1, 0.15) is 0 Å². The lowest BCUT2D eigenvalue weighted by Gasteiger charge is -2.40. The number of rotatable bonds is 12. The van der Waals surface area contributed by atoms with Gasteiger partial charge in [0.2, 0.25) is 0 Å². The van der Waals surface area contributed by atoms with Gasteiger partial charge in [-0.2, -0.15) is 0 Å². The predicted octanol–water partition coefficient (Wildman–Crippen LogP) is 4.55. The van der Waals surface area contributed by atoms with Crippen LogP contribution in [0.3, 0.4) is 0 Å². The fraction of sp³-hybridized carbons (Fsp3) is 1.00. The zero-order valence-corrected chi connectivity index (χ0v) is 16.5. The van der Waals surface area contributed by atoms with Crippen LogP contribution in [-0.2, 0) is 18.0 Å². The molecule has 0 aromatic carbocycles. The second kappa shape index (κ2) is 9.52. The number of fused-ring (bicyclic) bond motifs is 1. The zero-order valence-electron chi connectivity index (χ0n) is 15.5. The molecule has 0 amide bonds. The lowest BCUT2D eigenvalue weighted by atomic mass is 9.86. The van der Waals surface area contributed by atoms with Crippen LogP contribution in [0.25, 0.3) is 0 Å². The van der Waals surface area contributed by atoms with Crippen molar-refractivity contribution in [3.05, 3.63) is 0 Å². The molecule has 1 saturated heterocycles. The summed E-state index contributed by atoms with van der Waals surface area (Å²) in [6, 6.07) is 0. The highest BCUT2D eigenvalue weighted by Crippen LogP contribution is 2.48. The van der Waals surface area contributed by atoms with E-state index in [-0.39, 0.29) is 0 Å². The van der Waals surface area contributed by atoms with Crippen LogP contribution in [0.15, 0.2) is 0 Å². The van der Waals surface area contributed by atoms with Crippen LogP contribution in [0.5, 0.6) is 0 Å². The molecule has 0 aromatic heterocycles. The first-order valence-electron chi connectivity index (χ1n) is 9.77. The van der Waals surface area contributed by atoms with E-state index in [1.807, 2.05) is 0 Å². The standard InChI is InChI=1S/C18H36O4Si/c1-5-11-19-23(20-12-6-2,21-13-7-3)18(8-4)15-9-10-16-17(14-15)22-16/h15-18H,5-14H2,1-4H3. The summed E-state index contributed by atoms with van der Waals surface area (Å²) in [5, 5.41) is 0. The van der Waals surface area contributed by atoms with E-state index < -0.39 is 8.80 Å². The molecule has 2 aliphatic rings. The van der Waals surface area contributed by atoms with Crippen LogP contribution in [0.4, 0.5) is 0 Å². The van der Waals surface area contributed by atoms with E-state index in [0.717, 1.165) is 45.5 Å². The summed E-state index contributed by atoms with van der Waals surface area (Å²) >= 11 is 0. The molecule has 4 unspecified atom stereocenters.